The molecule has 0 aromatic carbocycles. The van der Waals surface area contributed by atoms with E-state index in [1.165, 1.54) is 0 Å². The van der Waals surface area contributed by atoms with Crippen LogP contribution in [0.5, 0.6) is 0 Å². The summed E-state index contributed by atoms with van der Waals surface area (Å²) in [6.45, 7) is 10.0. The van der Waals surface area contributed by atoms with Gasteiger partial charge in [-0.2, -0.15) is 0 Å². The third-order valence-electron chi connectivity index (χ3n) is 4.08. The lowest BCUT2D eigenvalue weighted by molar-refractivity contribution is -0.144. The van der Waals surface area contributed by atoms with Gasteiger partial charge in [-0.25, -0.2) is 0 Å². The fourth-order valence-corrected chi connectivity index (χ4v) is 2.77. The van der Waals surface area contributed by atoms with Crippen molar-refractivity contribution in [3.05, 3.63) is 17.0 Å². The number of aromatic nitrogens is 1. The summed E-state index contributed by atoms with van der Waals surface area (Å²) >= 11 is 0. The summed E-state index contributed by atoms with van der Waals surface area (Å²) in [5, 5.41) is 13.2. The predicted molar refractivity (Wildman–Crippen MR) is 74.5 cm³/mol. The van der Waals surface area contributed by atoms with E-state index in [2.05, 4.69) is 15.0 Å². The van der Waals surface area contributed by atoms with Crippen LogP contribution in [0.1, 0.15) is 30.4 Å². The number of rotatable bonds is 5. The van der Waals surface area contributed by atoms with Crippen LogP contribution in [0, 0.1) is 13.8 Å². The van der Waals surface area contributed by atoms with E-state index in [4.69, 9.17) is 4.52 Å². The molecule has 1 atom stereocenters. The van der Waals surface area contributed by atoms with E-state index in [-0.39, 0.29) is 6.04 Å². The molecular weight excluding hydrogens is 258 g/mol. The Hall–Kier alpha value is -1.40. The van der Waals surface area contributed by atoms with Gasteiger partial charge in [0, 0.05) is 38.3 Å². The van der Waals surface area contributed by atoms with Crippen LogP contribution in [0.25, 0.3) is 0 Å². The van der Waals surface area contributed by atoms with E-state index >= 15 is 0 Å². The highest BCUT2D eigenvalue weighted by Crippen LogP contribution is 2.17. The van der Waals surface area contributed by atoms with Gasteiger partial charge in [0.1, 0.15) is 11.8 Å². The van der Waals surface area contributed by atoms with Gasteiger partial charge in [0.2, 0.25) is 0 Å². The van der Waals surface area contributed by atoms with Crippen molar-refractivity contribution in [1.29, 1.82) is 0 Å². The summed E-state index contributed by atoms with van der Waals surface area (Å²) in [6.07, 6.45) is 0.652. The number of nitrogens with zero attached hydrogens (tertiary/aromatic N) is 3. The minimum Gasteiger partial charge on any atom is -0.480 e. The molecule has 0 saturated carbocycles. The monoisotopic (exact) mass is 281 g/mol. The van der Waals surface area contributed by atoms with Crippen molar-refractivity contribution in [1.82, 2.24) is 15.0 Å². The second kappa shape index (κ2) is 6.37. The van der Waals surface area contributed by atoms with E-state index in [0.29, 0.717) is 6.42 Å². The minimum absolute atomic E-state index is 0.351. The Morgan fingerprint density at radius 1 is 1.35 bits per heavy atom. The molecule has 6 heteroatoms. The molecule has 2 heterocycles. The molecule has 2 rings (SSSR count). The van der Waals surface area contributed by atoms with Gasteiger partial charge in [-0.1, -0.05) is 12.1 Å². The summed E-state index contributed by atoms with van der Waals surface area (Å²) in [6, 6.07) is -0.351. The molecule has 0 spiro atoms. The van der Waals surface area contributed by atoms with Crippen LogP contribution in [-0.4, -0.2) is 58.3 Å². The largest absolute Gasteiger partial charge is 0.480 e. The smallest absolute Gasteiger partial charge is 0.320 e. The van der Waals surface area contributed by atoms with Gasteiger partial charge in [-0.3, -0.25) is 14.6 Å². The molecule has 1 fully saturated rings. The van der Waals surface area contributed by atoms with E-state index in [1.807, 2.05) is 20.8 Å². The highest BCUT2D eigenvalue weighted by molar-refractivity contribution is 5.73. The van der Waals surface area contributed by atoms with E-state index < -0.39 is 5.97 Å². The molecule has 0 radical (unpaired) electrons. The van der Waals surface area contributed by atoms with E-state index in [1.54, 1.807) is 0 Å². The molecule has 1 aromatic rings. The first-order chi connectivity index (χ1) is 9.52. The zero-order valence-corrected chi connectivity index (χ0v) is 12.4. The number of piperazine rings is 1. The van der Waals surface area contributed by atoms with Crippen LogP contribution in [0.15, 0.2) is 4.52 Å². The van der Waals surface area contributed by atoms with Gasteiger partial charge in [0.05, 0.1) is 5.69 Å². The number of aryl methyl sites for hydroxylation is 2. The molecule has 6 nitrogen and oxygen atoms in total. The van der Waals surface area contributed by atoms with Crippen LogP contribution >= 0.6 is 0 Å². The average molecular weight is 281 g/mol. The van der Waals surface area contributed by atoms with Crippen LogP contribution in [0.3, 0.4) is 0 Å². The lowest BCUT2D eigenvalue weighted by atomic mass is 10.1. The van der Waals surface area contributed by atoms with Crippen LogP contribution < -0.4 is 0 Å². The SMILES string of the molecule is CCC(C(=O)O)N1CCN(Cc2c(C)noc2C)CC1. The third-order valence-corrected chi connectivity index (χ3v) is 4.08. The highest BCUT2D eigenvalue weighted by Gasteiger charge is 2.27. The molecule has 1 aromatic heterocycles. The van der Waals surface area contributed by atoms with E-state index in [9.17, 15) is 9.90 Å². The van der Waals surface area contributed by atoms with Crippen LogP contribution in [0.4, 0.5) is 0 Å². The van der Waals surface area contributed by atoms with Gasteiger partial charge in [-0.15, -0.1) is 0 Å². The van der Waals surface area contributed by atoms with Gasteiger partial charge in [0.15, 0.2) is 0 Å². The lowest BCUT2D eigenvalue weighted by Gasteiger charge is -2.37. The molecular formula is C14H23N3O3. The van der Waals surface area contributed by atoms with Crippen molar-refractivity contribution in [2.24, 2.45) is 0 Å². The second-order valence-electron chi connectivity index (χ2n) is 5.38. The molecule has 0 aliphatic carbocycles. The standard InChI is InChI=1S/C14H23N3O3/c1-4-13(14(18)19)17-7-5-16(6-8-17)9-12-10(2)15-20-11(12)3/h13H,4-9H2,1-3H3,(H,18,19). The number of carboxylic acids is 1. The summed E-state index contributed by atoms with van der Waals surface area (Å²) in [4.78, 5) is 15.6. The lowest BCUT2D eigenvalue weighted by Crippen LogP contribution is -2.52. The van der Waals surface area contributed by atoms with Crippen LogP contribution in [-0.2, 0) is 11.3 Å². The molecule has 1 aliphatic heterocycles. The van der Waals surface area contributed by atoms with Crippen molar-refractivity contribution >= 4 is 5.97 Å². The topological polar surface area (TPSA) is 69.8 Å². The fourth-order valence-electron chi connectivity index (χ4n) is 2.77. The zero-order valence-electron chi connectivity index (χ0n) is 12.4. The molecule has 1 saturated heterocycles. The summed E-state index contributed by atoms with van der Waals surface area (Å²) in [5.41, 5.74) is 2.10. The summed E-state index contributed by atoms with van der Waals surface area (Å²) in [5.74, 6) is 0.161. The predicted octanol–water partition coefficient (Wildman–Crippen LogP) is 1.27. The Labute approximate surface area is 119 Å². The quantitative estimate of drug-likeness (QED) is 0.876. The van der Waals surface area contributed by atoms with Gasteiger partial charge in [0.25, 0.3) is 0 Å². The zero-order chi connectivity index (χ0) is 14.7. The van der Waals surface area contributed by atoms with Crippen molar-refractivity contribution in [2.45, 2.75) is 39.8 Å². The summed E-state index contributed by atoms with van der Waals surface area (Å²) in [7, 11) is 0. The first-order valence-electron chi connectivity index (χ1n) is 7.13. The number of carboxylic acid groups (broad SMARTS) is 1. The van der Waals surface area contributed by atoms with Crippen molar-refractivity contribution < 1.29 is 14.4 Å². The van der Waals surface area contributed by atoms with Crippen LogP contribution in [0.2, 0.25) is 0 Å². The fraction of sp³-hybridized carbons (Fsp3) is 0.714. The van der Waals surface area contributed by atoms with Gasteiger partial charge in [-0.05, 0) is 20.3 Å². The van der Waals surface area contributed by atoms with Crippen molar-refractivity contribution in [2.75, 3.05) is 26.2 Å². The first kappa shape index (κ1) is 15.0. The average Bonchev–Trinajstić information content (AvgIpc) is 2.73. The maximum Gasteiger partial charge on any atom is 0.320 e. The second-order valence-corrected chi connectivity index (χ2v) is 5.38. The molecule has 20 heavy (non-hydrogen) atoms. The number of hydrogen-bond donors (Lipinski definition) is 1. The summed E-state index contributed by atoms with van der Waals surface area (Å²) < 4.78 is 5.18. The first-order valence-corrected chi connectivity index (χ1v) is 7.13. The van der Waals surface area contributed by atoms with Gasteiger partial charge >= 0.3 is 5.97 Å². The maximum absolute atomic E-state index is 11.2. The van der Waals surface area contributed by atoms with E-state index in [0.717, 1.165) is 49.7 Å². The Balaban J connectivity index is 1.90. The number of carbonyl (C=O) groups is 1. The molecule has 0 bridgehead atoms. The normalized spacial score (nSPS) is 19.1. The van der Waals surface area contributed by atoms with Crippen molar-refractivity contribution in [3.8, 4) is 0 Å². The molecule has 1 unspecified atom stereocenters. The third kappa shape index (κ3) is 3.19. The Kier molecular flexibility index (Phi) is 4.77. The van der Waals surface area contributed by atoms with Gasteiger partial charge < -0.3 is 9.63 Å². The Morgan fingerprint density at radius 2 is 2.00 bits per heavy atom. The van der Waals surface area contributed by atoms with Crippen molar-refractivity contribution in [3.63, 3.8) is 0 Å². The number of aliphatic carboxylic acids is 1. The molecule has 1 aliphatic rings. The minimum atomic E-state index is -0.716. The molecule has 0 amide bonds. The molecule has 112 valence electrons. The molecule has 1 N–H and O–H groups in total. The Morgan fingerprint density at radius 3 is 2.45 bits per heavy atom. The highest BCUT2D eigenvalue weighted by atomic mass is 16.5. The maximum atomic E-state index is 11.2. The number of hydrogen-bond acceptors (Lipinski definition) is 5. The Bertz CT molecular complexity index is 445.